The van der Waals surface area contributed by atoms with E-state index in [1.165, 1.54) is 38.5 Å². The molecule has 0 N–H and O–H groups in total. The van der Waals surface area contributed by atoms with E-state index in [1.807, 2.05) is 0 Å². The Morgan fingerprint density at radius 1 is 1.06 bits per heavy atom. The van der Waals surface area contributed by atoms with Crippen molar-refractivity contribution in [2.75, 3.05) is 0 Å². The van der Waals surface area contributed by atoms with Gasteiger partial charge in [-0.1, -0.05) is 45.4 Å². The summed E-state index contributed by atoms with van der Waals surface area (Å²) < 4.78 is 18.6. The van der Waals surface area contributed by atoms with Crippen LogP contribution in [0.5, 0.6) is 0 Å². The summed E-state index contributed by atoms with van der Waals surface area (Å²) in [6, 6.07) is 0. The highest BCUT2D eigenvalue weighted by Crippen LogP contribution is 2.53. The highest BCUT2D eigenvalue weighted by molar-refractivity contribution is 7.41. The Labute approximate surface area is 106 Å². The zero-order valence-corrected chi connectivity index (χ0v) is 12.2. The lowest BCUT2D eigenvalue weighted by molar-refractivity contribution is 0.154. The summed E-state index contributed by atoms with van der Waals surface area (Å²) in [6.45, 7) is 2.19. The Balaban J connectivity index is 1.91. The number of rotatable bonds is 4. The summed E-state index contributed by atoms with van der Waals surface area (Å²) in [6.07, 6.45) is 13.6. The van der Waals surface area contributed by atoms with Crippen molar-refractivity contribution in [2.24, 2.45) is 0 Å². The lowest BCUT2D eigenvalue weighted by Gasteiger charge is -2.37. The van der Waals surface area contributed by atoms with Gasteiger partial charge in [-0.3, -0.25) is 4.57 Å². The molecule has 0 saturated heterocycles. The smallest absolute Gasteiger partial charge is 0.197 e. The van der Waals surface area contributed by atoms with Crippen LogP contribution in [0.4, 0.5) is 0 Å². The van der Waals surface area contributed by atoms with Crippen molar-refractivity contribution in [2.45, 2.75) is 88.8 Å². The molecule has 100 valence electrons. The van der Waals surface area contributed by atoms with E-state index in [9.17, 15) is 4.57 Å². The fourth-order valence-corrected chi connectivity index (χ4v) is 5.23. The molecule has 3 heteroatoms. The molecule has 2 rings (SSSR count). The first kappa shape index (κ1) is 13.6. The number of hydrogen-bond donors (Lipinski definition) is 0. The van der Waals surface area contributed by atoms with Gasteiger partial charge in [-0.15, -0.1) is 0 Å². The molecule has 0 aromatic carbocycles. The predicted octanol–water partition coefficient (Wildman–Crippen LogP) is 4.92. The van der Waals surface area contributed by atoms with E-state index in [-0.39, 0.29) is 5.16 Å². The van der Waals surface area contributed by atoms with Crippen LogP contribution in [-0.4, -0.2) is 11.3 Å². The minimum absolute atomic E-state index is 0.0559. The highest BCUT2D eigenvalue weighted by atomic mass is 31.1. The van der Waals surface area contributed by atoms with Gasteiger partial charge in [-0.25, -0.2) is 0 Å². The van der Waals surface area contributed by atoms with Crippen LogP contribution in [0.25, 0.3) is 0 Å². The molecule has 2 saturated carbocycles. The third-order valence-corrected chi connectivity index (χ3v) is 7.01. The first-order valence-corrected chi connectivity index (χ1v) is 8.79. The molecular formula is C14H27O2P. The van der Waals surface area contributed by atoms with Crippen LogP contribution in [-0.2, 0) is 9.09 Å². The molecule has 17 heavy (non-hydrogen) atoms. The Hall–Kier alpha value is 0.190. The van der Waals surface area contributed by atoms with Crippen molar-refractivity contribution in [3.63, 3.8) is 0 Å². The van der Waals surface area contributed by atoms with Gasteiger partial charge in [0.2, 0.25) is 0 Å². The second-order valence-electron chi connectivity index (χ2n) is 5.86. The van der Waals surface area contributed by atoms with Crippen molar-refractivity contribution in [1.29, 1.82) is 0 Å². The average molecular weight is 258 g/mol. The molecule has 2 aliphatic carbocycles. The fraction of sp³-hybridized carbons (Fsp3) is 1.00. The fourth-order valence-electron chi connectivity index (χ4n) is 3.39. The maximum absolute atomic E-state index is 12.6. The summed E-state index contributed by atoms with van der Waals surface area (Å²) >= 11 is 0. The van der Waals surface area contributed by atoms with Gasteiger partial charge in [-0.2, -0.15) is 0 Å². The van der Waals surface area contributed by atoms with E-state index >= 15 is 0 Å². The van der Waals surface area contributed by atoms with E-state index in [0.717, 1.165) is 32.1 Å². The van der Waals surface area contributed by atoms with Crippen molar-refractivity contribution in [1.82, 2.24) is 0 Å². The van der Waals surface area contributed by atoms with Gasteiger partial charge >= 0.3 is 0 Å². The predicted molar refractivity (Wildman–Crippen MR) is 73.1 cm³/mol. The maximum atomic E-state index is 12.6. The van der Waals surface area contributed by atoms with Gasteiger partial charge < -0.3 is 4.52 Å². The van der Waals surface area contributed by atoms with Gasteiger partial charge in [0.05, 0.1) is 6.10 Å². The monoisotopic (exact) mass is 258 g/mol. The molecule has 1 unspecified atom stereocenters. The second kappa shape index (κ2) is 6.38. The molecule has 0 amide bonds. The van der Waals surface area contributed by atoms with E-state index < -0.39 is 8.03 Å². The highest BCUT2D eigenvalue weighted by Gasteiger charge is 2.38. The zero-order valence-electron chi connectivity index (χ0n) is 11.2. The Morgan fingerprint density at radius 2 is 1.65 bits per heavy atom. The Bertz CT molecular complexity index is 253. The summed E-state index contributed by atoms with van der Waals surface area (Å²) in [5, 5.41) is 0.0559. The minimum Gasteiger partial charge on any atom is -0.327 e. The average Bonchev–Trinajstić information content (AvgIpc) is 2.40. The Kier molecular flexibility index (Phi) is 5.11. The van der Waals surface area contributed by atoms with E-state index in [0.29, 0.717) is 6.10 Å². The van der Waals surface area contributed by atoms with E-state index in [1.54, 1.807) is 0 Å². The van der Waals surface area contributed by atoms with E-state index in [4.69, 9.17) is 4.52 Å². The number of hydrogen-bond acceptors (Lipinski definition) is 2. The molecule has 0 aliphatic heterocycles. The van der Waals surface area contributed by atoms with Crippen molar-refractivity contribution < 1.29 is 9.09 Å². The lowest BCUT2D eigenvalue weighted by atomic mass is 9.86. The first-order chi connectivity index (χ1) is 8.27. The van der Waals surface area contributed by atoms with Gasteiger partial charge in [0.25, 0.3) is 0 Å². The molecule has 2 fully saturated rings. The first-order valence-electron chi connectivity index (χ1n) is 7.48. The SMILES string of the molecule is CCC1([PH](=O)OC2CCCCC2)CCCCC1. The molecule has 0 spiro atoms. The molecule has 2 aliphatic rings. The van der Waals surface area contributed by atoms with Crippen molar-refractivity contribution in [3.05, 3.63) is 0 Å². The topological polar surface area (TPSA) is 26.3 Å². The molecule has 0 radical (unpaired) electrons. The Morgan fingerprint density at radius 3 is 2.24 bits per heavy atom. The van der Waals surface area contributed by atoms with Gasteiger partial charge in [0, 0.05) is 5.16 Å². The second-order valence-corrected chi connectivity index (χ2v) is 7.73. The quantitative estimate of drug-likeness (QED) is 0.669. The van der Waals surface area contributed by atoms with Crippen molar-refractivity contribution >= 4 is 8.03 Å². The normalized spacial score (nSPS) is 27.8. The lowest BCUT2D eigenvalue weighted by Crippen LogP contribution is -2.29. The molecule has 0 aromatic heterocycles. The molecule has 0 aromatic rings. The van der Waals surface area contributed by atoms with Crippen molar-refractivity contribution in [3.8, 4) is 0 Å². The van der Waals surface area contributed by atoms with Gasteiger partial charge in [0.15, 0.2) is 8.03 Å². The van der Waals surface area contributed by atoms with Gasteiger partial charge in [-0.05, 0) is 32.1 Å². The molecule has 0 heterocycles. The zero-order chi connectivity index (χ0) is 12.1. The maximum Gasteiger partial charge on any atom is 0.197 e. The summed E-state index contributed by atoms with van der Waals surface area (Å²) in [7, 11) is -1.85. The summed E-state index contributed by atoms with van der Waals surface area (Å²) in [5.74, 6) is 0. The van der Waals surface area contributed by atoms with Crippen LogP contribution in [0.3, 0.4) is 0 Å². The molecule has 1 atom stereocenters. The largest absolute Gasteiger partial charge is 0.327 e. The summed E-state index contributed by atoms with van der Waals surface area (Å²) in [4.78, 5) is 0. The summed E-state index contributed by atoms with van der Waals surface area (Å²) in [5.41, 5.74) is 0. The third kappa shape index (κ3) is 3.35. The van der Waals surface area contributed by atoms with Crippen LogP contribution in [0.15, 0.2) is 0 Å². The van der Waals surface area contributed by atoms with Crippen LogP contribution in [0, 0.1) is 0 Å². The van der Waals surface area contributed by atoms with Gasteiger partial charge in [0.1, 0.15) is 0 Å². The molecular weight excluding hydrogens is 231 g/mol. The van der Waals surface area contributed by atoms with Crippen LogP contribution in [0.1, 0.15) is 77.6 Å². The van der Waals surface area contributed by atoms with E-state index in [2.05, 4.69) is 6.92 Å². The third-order valence-electron chi connectivity index (χ3n) is 4.75. The minimum atomic E-state index is -1.85. The van der Waals surface area contributed by atoms with Crippen LogP contribution in [0.2, 0.25) is 0 Å². The van der Waals surface area contributed by atoms with Crippen LogP contribution >= 0.6 is 8.03 Å². The molecule has 0 bridgehead atoms. The van der Waals surface area contributed by atoms with Crippen LogP contribution < -0.4 is 0 Å². The standard InChI is InChI=1S/C14H27O2P/c1-2-14(11-7-4-8-12-14)17(15)16-13-9-5-3-6-10-13/h13,17H,2-12H2,1H3. The molecule has 2 nitrogen and oxygen atoms in total.